The van der Waals surface area contributed by atoms with Crippen LogP contribution in [0.15, 0.2) is 6.20 Å². The predicted octanol–water partition coefficient (Wildman–Crippen LogP) is 2.89. The van der Waals surface area contributed by atoms with Crippen molar-refractivity contribution in [3.05, 3.63) is 28.6 Å². The van der Waals surface area contributed by atoms with Gasteiger partial charge in [-0.25, -0.2) is 8.78 Å². The van der Waals surface area contributed by atoms with E-state index in [1.165, 1.54) is 6.20 Å². The summed E-state index contributed by atoms with van der Waals surface area (Å²) in [5.74, 6) is -0.646. The van der Waals surface area contributed by atoms with Gasteiger partial charge in [0, 0.05) is 11.5 Å². The Kier molecular flexibility index (Phi) is 5.83. The van der Waals surface area contributed by atoms with E-state index in [-0.39, 0.29) is 29.6 Å². The van der Waals surface area contributed by atoms with Crippen molar-refractivity contribution in [2.45, 2.75) is 25.1 Å². The lowest BCUT2D eigenvalue weighted by Crippen LogP contribution is -2.13. The van der Waals surface area contributed by atoms with Crippen LogP contribution < -0.4 is 0 Å². The number of hydrogen-bond acceptors (Lipinski definition) is 4. The number of carbonyl (C=O) groups excluding carboxylic acids is 1. The van der Waals surface area contributed by atoms with Gasteiger partial charge in [0.2, 0.25) is 0 Å². The van der Waals surface area contributed by atoms with E-state index in [0.717, 1.165) is 0 Å². The Morgan fingerprint density at radius 2 is 2.32 bits per heavy atom. The molecule has 0 aliphatic rings. The number of hydrogen-bond donors (Lipinski definition) is 0. The van der Waals surface area contributed by atoms with Crippen LogP contribution >= 0.6 is 15.9 Å². The number of ether oxygens (including phenoxy) is 1. The summed E-state index contributed by atoms with van der Waals surface area (Å²) in [6, 6.07) is 1.74. The second-order valence-electron chi connectivity index (χ2n) is 3.55. The third kappa shape index (κ3) is 3.70. The van der Waals surface area contributed by atoms with Crippen molar-refractivity contribution >= 4 is 21.9 Å². The molecular formula is C12H11BrF2N2O2. The molecule has 4 nitrogen and oxygen atoms in total. The van der Waals surface area contributed by atoms with E-state index in [9.17, 15) is 13.6 Å². The molecule has 102 valence electrons. The fourth-order valence-electron chi connectivity index (χ4n) is 1.57. The standard InChI is InChI=1S/C12H11BrF2N2O2/c1-2-19-10(18)3-9-11(12(14)15)8(5-16)7(4-13)6-17-9/h6,12H,2-4H2,1H3. The summed E-state index contributed by atoms with van der Waals surface area (Å²) in [6.07, 6.45) is -1.93. The first-order chi connectivity index (χ1) is 9.04. The first-order valence-corrected chi connectivity index (χ1v) is 6.57. The quantitative estimate of drug-likeness (QED) is 0.614. The summed E-state index contributed by atoms with van der Waals surface area (Å²) in [5.41, 5.74) is -0.381. The molecule has 0 bridgehead atoms. The van der Waals surface area contributed by atoms with Gasteiger partial charge >= 0.3 is 5.97 Å². The summed E-state index contributed by atoms with van der Waals surface area (Å²) >= 11 is 3.11. The van der Waals surface area contributed by atoms with Crippen molar-refractivity contribution in [1.29, 1.82) is 5.26 Å². The minimum atomic E-state index is -2.87. The predicted molar refractivity (Wildman–Crippen MR) is 66.9 cm³/mol. The molecule has 0 atom stereocenters. The number of nitrogens with zero attached hydrogens (tertiary/aromatic N) is 2. The number of nitriles is 1. The lowest BCUT2D eigenvalue weighted by Gasteiger charge is -2.11. The van der Waals surface area contributed by atoms with Crippen LogP contribution in [0.4, 0.5) is 8.78 Å². The molecule has 0 N–H and O–H groups in total. The number of halogens is 3. The number of aromatic nitrogens is 1. The van der Waals surface area contributed by atoms with Gasteiger partial charge in [-0.05, 0) is 12.5 Å². The zero-order chi connectivity index (χ0) is 14.4. The molecule has 0 radical (unpaired) electrons. The van der Waals surface area contributed by atoms with Crippen LogP contribution in [0, 0.1) is 11.3 Å². The van der Waals surface area contributed by atoms with Gasteiger partial charge in [-0.2, -0.15) is 5.26 Å². The summed E-state index contributed by atoms with van der Waals surface area (Å²) in [7, 11) is 0. The van der Waals surface area contributed by atoms with Crippen LogP contribution in [-0.2, 0) is 21.3 Å². The monoisotopic (exact) mass is 332 g/mol. The molecule has 0 saturated heterocycles. The summed E-state index contributed by atoms with van der Waals surface area (Å²) in [5, 5.41) is 9.23. The summed E-state index contributed by atoms with van der Waals surface area (Å²) in [4.78, 5) is 15.2. The minimum Gasteiger partial charge on any atom is -0.466 e. The van der Waals surface area contributed by atoms with Gasteiger partial charge in [-0.3, -0.25) is 9.78 Å². The van der Waals surface area contributed by atoms with Crippen LogP contribution in [0.3, 0.4) is 0 Å². The smallest absolute Gasteiger partial charge is 0.311 e. The molecule has 1 aromatic rings. The van der Waals surface area contributed by atoms with Gasteiger partial charge < -0.3 is 4.74 Å². The van der Waals surface area contributed by atoms with Crippen molar-refractivity contribution in [2.75, 3.05) is 6.61 Å². The van der Waals surface area contributed by atoms with E-state index in [2.05, 4.69) is 20.9 Å². The lowest BCUT2D eigenvalue weighted by atomic mass is 10.0. The fraction of sp³-hybridized carbons (Fsp3) is 0.417. The molecule has 0 fully saturated rings. The normalized spacial score (nSPS) is 10.3. The molecule has 1 heterocycles. The second-order valence-corrected chi connectivity index (χ2v) is 4.11. The number of carbonyl (C=O) groups is 1. The van der Waals surface area contributed by atoms with Gasteiger partial charge in [0.25, 0.3) is 6.43 Å². The molecule has 1 aromatic heterocycles. The van der Waals surface area contributed by atoms with Crippen molar-refractivity contribution in [3.8, 4) is 6.07 Å². The largest absolute Gasteiger partial charge is 0.466 e. The highest BCUT2D eigenvalue weighted by molar-refractivity contribution is 9.08. The molecule has 0 amide bonds. The Bertz CT molecular complexity index is 515. The summed E-state index contributed by atoms with van der Waals surface area (Å²) < 4.78 is 30.8. The number of esters is 1. The van der Waals surface area contributed by atoms with E-state index in [1.807, 2.05) is 0 Å². The molecule has 0 spiro atoms. The van der Waals surface area contributed by atoms with Gasteiger partial charge in [0.1, 0.15) is 6.07 Å². The van der Waals surface area contributed by atoms with Crippen molar-refractivity contribution in [3.63, 3.8) is 0 Å². The number of rotatable bonds is 5. The van der Waals surface area contributed by atoms with E-state index in [1.54, 1.807) is 13.0 Å². The van der Waals surface area contributed by atoms with Crippen LogP contribution in [0.1, 0.15) is 35.7 Å². The van der Waals surface area contributed by atoms with Crippen molar-refractivity contribution < 1.29 is 18.3 Å². The lowest BCUT2D eigenvalue weighted by molar-refractivity contribution is -0.142. The van der Waals surface area contributed by atoms with Gasteiger partial charge in [-0.1, -0.05) is 15.9 Å². The maximum absolute atomic E-state index is 13.1. The minimum absolute atomic E-state index is 0.116. The third-order valence-electron chi connectivity index (χ3n) is 2.37. The van der Waals surface area contributed by atoms with Gasteiger partial charge in [0.05, 0.1) is 29.8 Å². The maximum atomic E-state index is 13.1. The maximum Gasteiger partial charge on any atom is 0.311 e. The third-order valence-corrected chi connectivity index (χ3v) is 2.97. The Labute approximate surface area is 117 Å². The fourth-order valence-corrected chi connectivity index (χ4v) is 1.99. The van der Waals surface area contributed by atoms with E-state index >= 15 is 0 Å². The van der Waals surface area contributed by atoms with E-state index in [4.69, 9.17) is 10.00 Å². The van der Waals surface area contributed by atoms with Crippen LogP contribution in [0.5, 0.6) is 0 Å². The highest BCUT2D eigenvalue weighted by atomic mass is 79.9. The molecular weight excluding hydrogens is 322 g/mol. The Balaban J connectivity index is 3.25. The molecule has 0 unspecified atom stereocenters. The average Bonchev–Trinajstić information content (AvgIpc) is 2.37. The SMILES string of the molecule is CCOC(=O)Cc1ncc(CBr)c(C#N)c1C(F)F. The van der Waals surface area contributed by atoms with Crippen LogP contribution in [0.2, 0.25) is 0 Å². The van der Waals surface area contributed by atoms with Gasteiger partial charge in [-0.15, -0.1) is 0 Å². The zero-order valence-electron chi connectivity index (χ0n) is 10.1. The molecule has 1 rings (SSSR count). The zero-order valence-corrected chi connectivity index (χ0v) is 11.7. The Morgan fingerprint density at radius 3 is 2.79 bits per heavy atom. The van der Waals surface area contributed by atoms with Crippen LogP contribution in [-0.4, -0.2) is 17.6 Å². The molecule has 7 heteroatoms. The number of alkyl halides is 3. The van der Waals surface area contributed by atoms with E-state index in [0.29, 0.717) is 5.56 Å². The first-order valence-electron chi connectivity index (χ1n) is 5.45. The molecule has 0 aliphatic heterocycles. The average molecular weight is 333 g/mol. The highest BCUT2D eigenvalue weighted by Gasteiger charge is 2.23. The molecule has 0 aliphatic carbocycles. The first kappa shape index (κ1) is 15.5. The number of pyridine rings is 1. The van der Waals surface area contributed by atoms with Crippen LogP contribution in [0.25, 0.3) is 0 Å². The second kappa shape index (κ2) is 7.14. The van der Waals surface area contributed by atoms with E-state index < -0.39 is 18.0 Å². The van der Waals surface area contributed by atoms with Crippen molar-refractivity contribution in [1.82, 2.24) is 4.98 Å². The Hall–Kier alpha value is -1.55. The highest BCUT2D eigenvalue weighted by Crippen LogP contribution is 2.28. The van der Waals surface area contributed by atoms with Gasteiger partial charge in [0.15, 0.2) is 0 Å². The topological polar surface area (TPSA) is 63.0 Å². The Morgan fingerprint density at radius 1 is 1.63 bits per heavy atom. The summed E-state index contributed by atoms with van der Waals surface area (Å²) in [6.45, 7) is 1.78. The van der Waals surface area contributed by atoms with Crippen molar-refractivity contribution in [2.24, 2.45) is 0 Å². The molecule has 0 aromatic carbocycles. The molecule has 19 heavy (non-hydrogen) atoms. The molecule has 0 saturated carbocycles.